The number of rotatable bonds is 4. The molecular formula is C16H12O2. The second kappa shape index (κ2) is 5.29. The third-order valence-electron chi connectivity index (χ3n) is 2.83. The SMILES string of the molecule is C#Cc1ccccc1C(=O)CC(=O)C1=CC=CC1. The van der Waals surface area contributed by atoms with Crippen molar-refractivity contribution in [2.45, 2.75) is 12.8 Å². The van der Waals surface area contributed by atoms with Crippen LogP contribution in [0.1, 0.15) is 28.8 Å². The summed E-state index contributed by atoms with van der Waals surface area (Å²) in [4.78, 5) is 23.9. The van der Waals surface area contributed by atoms with Crippen molar-refractivity contribution in [3.05, 3.63) is 59.2 Å². The third kappa shape index (κ3) is 2.46. The smallest absolute Gasteiger partial charge is 0.171 e. The summed E-state index contributed by atoms with van der Waals surface area (Å²) in [5, 5.41) is 0. The van der Waals surface area contributed by atoms with Gasteiger partial charge < -0.3 is 0 Å². The van der Waals surface area contributed by atoms with E-state index in [-0.39, 0.29) is 18.0 Å². The highest BCUT2D eigenvalue weighted by Crippen LogP contribution is 2.16. The van der Waals surface area contributed by atoms with Crippen LogP contribution in [0.3, 0.4) is 0 Å². The molecule has 2 nitrogen and oxygen atoms in total. The van der Waals surface area contributed by atoms with Gasteiger partial charge in [0.05, 0.1) is 6.42 Å². The number of hydrogen-bond acceptors (Lipinski definition) is 2. The Kier molecular flexibility index (Phi) is 3.54. The Morgan fingerprint density at radius 3 is 2.67 bits per heavy atom. The molecule has 0 saturated carbocycles. The first-order valence-electron chi connectivity index (χ1n) is 5.70. The van der Waals surface area contributed by atoms with Crippen LogP contribution in [0.4, 0.5) is 0 Å². The minimum atomic E-state index is -0.221. The number of allylic oxidation sites excluding steroid dienone is 4. The van der Waals surface area contributed by atoms with Gasteiger partial charge in [0.15, 0.2) is 11.6 Å². The summed E-state index contributed by atoms with van der Waals surface area (Å²) in [6.07, 6.45) is 11.3. The van der Waals surface area contributed by atoms with Gasteiger partial charge in [-0.25, -0.2) is 0 Å². The second-order valence-electron chi connectivity index (χ2n) is 4.04. The van der Waals surface area contributed by atoms with Crippen molar-refractivity contribution in [1.29, 1.82) is 0 Å². The zero-order valence-electron chi connectivity index (χ0n) is 9.85. The molecule has 0 spiro atoms. The lowest BCUT2D eigenvalue weighted by Gasteiger charge is -2.04. The Balaban J connectivity index is 2.13. The van der Waals surface area contributed by atoms with E-state index in [2.05, 4.69) is 5.92 Å². The van der Waals surface area contributed by atoms with Crippen LogP contribution in [-0.4, -0.2) is 11.6 Å². The van der Waals surface area contributed by atoms with Gasteiger partial charge in [-0.05, 0) is 18.1 Å². The van der Waals surface area contributed by atoms with Gasteiger partial charge in [0, 0.05) is 11.1 Å². The predicted octanol–water partition coefficient (Wildman–Crippen LogP) is 2.70. The summed E-state index contributed by atoms with van der Waals surface area (Å²) in [6.45, 7) is 0. The molecular weight excluding hydrogens is 224 g/mol. The van der Waals surface area contributed by atoms with Crippen LogP contribution in [0, 0.1) is 12.3 Å². The van der Waals surface area contributed by atoms with Crippen molar-refractivity contribution in [2.24, 2.45) is 0 Å². The fourth-order valence-corrected chi connectivity index (χ4v) is 1.86. The summed E-state index contributed by atoms with van der Waals surface area (Å²) in [7, 11) is 0. The van der Waals surface area contributed by atoms with Gasteiger partial charge in [-0.3, -0.25) is 9.59 Å². The molecule has 1 aromatic carbocycles. The highest BCUT2D eigenvalue weighted by molar-refractivity contribution is 6.14. The molecule has 88 valence electrons. The van der Waals surface area contributed by atoms with Crippen LogP contribution >= 0.6 is 0 Å². The second-order valence-corrected chi connectivity index (χ2v) is 4.04. The first-order valence-corrected chi connectivity index (χ1v) is 5.70. The minimum absolute atomic E-state index is 0.119. The van der Waals surface area contributed by atoms with Gasteiger partial charge in [-0.2, -0.15) is 0 Å². The monoisotopic (exact) mass is 236 g/mol. The van der Waals surface area contributed by atoms with Crippen molar-refractivity contribution < 1.29 is 9.59 Å². The number of ketones is 2. The predicted molar refractivity (Wildman–Crippen MR) is 70.2 cm³/mol. The largest absolute Gasteiger partial charge is 0.294 e. The molecule has 2 rings (SSSR count). The van der Waals surface area contributed by atoms with E-state index in [0.717, 1.165) is 0 Å². The van der Waals surface area contributed by atoms with Gasteiger partial charge in [-0.1, -0.05) is 42.3 Å². The number of carbonyl (C=O) groups excluding carboxylic acids is 2. The van der Waals surface area contributed by atoms with E-state index in [1.165, 1.54) is 0 Å². The van der Waals surface area contributed by atoms with Crippen LogP contribution in [0.2, 0.25) is 0 Å². The zero-order chi connectivity index (χ0) is 13.0. The van der Waals surface area contributed by atoms with E-state index in [0.29, 0.717) is 23.1 Å². The standard InChI is InChI=1S/C16H12O2/c1-2-12-7-5-6-10-14(12)16(18)11-15(17)13-8-3-4-9-13/h1,3-8,10H,9,11H2. The van der Waals surface area contributed by atoms with Crippen LogP contribution in [0.5, 0.6) is 0 Å². The van der Waals surface area contributed by atoms with E-state index in [9.17, 15) is 9.59 Å². The molecule has 0 radical (unpaired) electrons. The quantitative estimate of drug-likeness (QED) is 0.457. The summed E-state index contributed by atoms with van der Waals surface area (Å²) >= 11 is 0. The Hall–Kier alpha value is -2.40. The summed E-state index contributed by atoms with van der Waals surface area (Å²) in [5.74, 6) is 2.11. The molecule has 1 aromatic rings. The molecule has 0 fully saturated rings. The van der Waals surface area contributed by atoms with Gasteiger partial charge in [-0.15, -0.1) is 6.42 Å². The molecule has 0 N–H and O–H groups in total. The third-order valence-corrected chi connectivity index (χ3v) is 2.83. The highest BCUT2D eigenvalue weighted by atomic mass is 16.1. The van der Waals surface area contributed by atoms with E-state index in [1.807, 2.05) is 12.2 Å². The molecule has 0 bridgehead atoms. The maximum absolute atomic E-state index is 12.0. The minimum Gasteiger partial charge on any atom is -0.294 e. The summed E-state index contributed by atoms with van der Waals surface area (Å²) in [5.41, 5.74) is 1.66. The number of terminal acetylenes is 1. The normalized spacial score (nSPS) is 12.9. The average Bonchev–Trinajstić information content (AvgIpc) is 2.92. The Bertz CT molecular complexity index is 598. The molecule has 0 atom stereocenters. The number of Topliss-reactive ketones (excluding diaryl/α,β-unsaturated/α-hetero) is 2. The fraction of sp³-hybridized carbons (Fsp3) is 0.125. The van der Waals surface area contributed by atoms with E-state index in [4.69, 9.17) is 6.42 Å². The molecule has 0 heterocycles. The first-order chi connectivity index (χ1) is 8.72. The molecule has 2 heteroatoms. The van der Waals surface area contributed by atoms with Gasteiger partial charge in [0.1, 0.15) is 0 Å². The van der Waals surface area contributed by atoms with E-state index >= 15 is 0 Å². The molecule has 0 aromatic heterocycles. The molecule has 0 aliphatic heterocycles. The van der Waals surface area contributed by atoms with E-state index < -0.39 is 0 Å². The highest BCUT2D eigenvalue weighted by Gasteiger charge is 2.17. The van der Waals surface area contributed by atoms with Gasteiger partial charge in [0.2, 0.25) is 0 Å². The van der Waals surface area contributed by atoms with Crippen LogP contribution < -0.4 is 0 Å². The number of hydrogen-bond donors (Lipinski definition) is 0. The van der Waals surface area contributed by atoms with Crippen molar-refractivity contribution in [1.82, 2.24) is 0 Å². The Labute approximate surface area is 106 Å². The van der Waals surface area contributed by atoms with Crippen molar-refractivity contribution in [3.63, 3.8) is 0 Å². The van der Waals surface area contributed by atoms with Gasteiger partial charge in [0.25, 0.3) is 0 Å². The maximum Gasteiger partial charge on any atom is 0.171 e. The zero-order valence-corrected chi connectivity index (χ0v) is 9.85. The van der Waals surface area contributed by atoms with Crippen molar-refractivity contribution in [3.8, 4) is 12.3 Å². The number of benzene rings is 1. The fourth-order valence-electron chi connectivity index (χ4n) is 1.86. The lowest BCUT2D eigenvalue weighted by Crippen LogP contribution is -2.11. The van der Waals surface area contributed by atoms with Crippen molar-refractivity contribution in [2.75, 3.05) is 0 Å². The molecule has 0 amide bonds. The van der Waals surface area contributed by atoms with Gasteiger partial charge >= 0.3 is 0 Å². The molecule has 0 saturated heterocycles. The number of carbonyl (C=O) groups is 2. The molecule has 18 heavy (non-hydrogen) atoms. The first kappa shape index (κ1) is 12.1. The van der Waals surface area contributed by atoms with Crippen molar-refractivity contribution >= 4 is 11.6 Å². The summed E-state index contributed by atoms with van der Waals surface area (Å²) < 4.78 is 0. The Morgan fingerprint density at radius 2 is 2.00 bits per heavy atom. The molecule has 1 aliphatic carbocycles. The lowest BCUT2D eigenvalue weighted by atomic mass is 9.98. The summed E-state index contributed by atoms with van der Waals surface area (Å²) in [6, 6.07) is 6.88. The Morgan fingerprint density at radius 1 is 1.22 bits per heavy atom. The maximum atomic E-state index is 12.0. The topological polar surface area (TPSA) is 34.1 Å². The average molecular weight is 236 g/mol. The van der Waals surface area contributed by atoms with E-state index in [1.54, 1.807) is 30.3 Å². The van der Waals surface area contributed by atoms with Crippen LogP contribution in [-0.2, 0) is 4.79 Å². The van der Waals surface area contributed by atoms with Crippen LogP contribution in [0.25, 0.3) is 0 Å². The molecule has 1 aliphatic rings. The molecule has 0 unspecified atom stereocenters. The van der Waals surface area contributed by atoms with Crippen LogP contribution in [0.15, 0.2) is 48.1 Å². The lowest BCUT2D eigenvalue weighted by molar-refractivity contribution is -0.114.